The summed E-state index contributed by atoms with van der Waals surface area (Å²) in [6, 6.07) is 10.6. The van der Waals surface area contributed by atoms with Gasteiger partial charge in [-0.05, 0) is 35.9 Å². The number of methoxy groups -OCH3 is 4. The highest BCUT2D eigenvalue weighted by Gasteiger charge is 2.26. The summed E-state index contributed by atoms with van der Waals surface area (Å²) in [6.45, 7) is 0. The average molecular weight is 369 g/mol. The van der Waals surface area contributed by atoms with Crippen molar-refractivity contribution in [1.29, 1.82) is 0 Å². The fourth-order valence-corrected chi connectivity index (χ4v) is 2.60. The van der Waals surface area contributed by atoms with Crippen LogP contribution in [-0.2, 0) is 9.53 Å². The second kappa shape index (κ2) is 7.82. The molecule has 0 radical (unpaired) electrons. The first-order chi connectivity index (χ1) is 13.1. The average Bonchev–Trinajstić information content (AvgIpc) is 3.07. The molecular formula is C20H19NO6. The third-order valence-corrected chi connectivity index (χ3v) is 3.95. The number of ether oxygens (including phenoxy) is 5. The summed E-state index contributed by atoms with van der Waals surface area (Å²) in [7, 11) is 6.13. The van der Waals surface area contributed by atoms with Crippen LogP contribution in [0.25, 0.3) is 6.08 Å². The zero-order valence-electron chi connectivity index (χ0n) is 15.4. The fourth-order valence-electron chi connectivity index (χ4n) is 2.60. The van der Waals surface area contributed by atoms with Crippen LogP contribution in [0.1, 0.15) is 11.1 Å². The minimum atomic E-state index is -0.533. The molecule has 0 atom stereocenters. The second-order valence-corrected chi connectivity index (χ2v) is 5.52. The molecule has 7 heteroatoms. The van der Waals surface area contributed by atoms with Gasteiger partial charge in [0.05, 0.1) is 28.4 Å². The van der Waals surface area contributed by atoms with Gasteiger partial charge >= 0.3 is 5.97 Å². The third-order valence-electron chi connectivity index (χ3n) is 3.95. The van der Waals surface area contributed by atoms with Crippen molar-refractivity contribution in [2.75, 3.05) is 28.4 Å². The maximum Gasteiger partial charge on any atom is 0.363 e. The summed E-state index contributed by atoms with van der Waals surface area (Å²) in [5.41, 5.74) is 1.54. The van der Waals surface area contributed by atoms with Crippen molar-refractivity contribution in [3.8, 4) is 23.0 Å². The van der Waals surface area contributed by atoms with Crippen molar-refractivity contribution in [2.24, 2.45) is 4.99 Å². The molecule has 7 nitrogen and oxygen atoms in total. The quantitative estimate of drug-likeness (QED) is 0.575. The van der Waals surface area contributed by atoms with E-state index in [0.717, 1.165) is 11.3 Å². The largest absolute Gasteiger partial charge is 0.497 e. The lowest BCUT2D eigenvalue weighted by Gasteiger charge is -2.13. The van der Waals surface area contributed by atoms with E-state index in [9.17, 15) is 4.79 Å². The van der Waals surface area contributed by atoms with E-state index in [2.05, 4.69) is 4.99 Å². The molecule has 0 unspecified atom stereocenters. The van der Waals surface area contributed by atoms with Crippen LogP contribution < -0.4 is 18.9 Å². The molecule has 0 fully saturated rings. The molecule has 1 heterocycles. The summed E-state index contributed by atoms with van der Waals surface area (Å²) in [5.74, 6) is 1.69. The van der Waals surface area contributed by atoms with Crippen molar-refractivity contribution >= 4 is 17.9 Å². The van der Waals surface area contributed by atoms with Crippen LogP contribution in [0.5, 0.6) is 23.0 Å². The van der Waals surface area contributed by atoms with Crippen molar-refractivity contribution in [3.05, 3.63) is 53.2 Å². The Bertz CT molecular complexity index is 890. The van der Waals surface area contributed by atoms with Gasteiger partial charge in [-0.2, -0.15) is 0 Å². The van der Waals surface area contributed by atoms with Crippen molar-refractivity contribution in [3.63, 3.8) is 0 Å². The van der Waals surface area contributed by atoms with Crippen molar-refractivity contribution < 1.29 is 28.5 Å². The maximum absolute atomic E-state index is 12.2. The van der Waals surface area contributed by atoms with E-state index in [1.165, 1.54) is 21.3 Å². The summed E-state index contributed by atoms with van der Waals surface area (Å²) < 4.78 is 26.4. The van der Waals surface area contributed by atoms with E-state index in [-0.39, 0.29) is 11.6 Å². The molecule has 27 heavy (non-hydrogen) atoms. The van der Waals surface area contributed by atoms with Crippen LogP contribution in [0.15, 0.2) is 47.1 Å². The lowest BCUT2D eigenvalue weighted by Crippen LogP contribution is -2.06. The molecule has 1 aliphatic rings. The monoisotopic (exact) mass is 369 g/mol. The number of hydrogen-bond donors (Lipinski definition) is 0. The van der Waals surface area contributed by atoms with Gasteiger partial charge in [0.2, 0.25) is 11.6 Å². The fraction of sp³-hybridized carbons (Fsp3) is 0.200. The lowest BCUT2D eigenvalue weighted by atomic mass is 10.1. The minimum absolute atomic E-state index is 0.166. The van der Waals surface area contributed by atoms with E-state index < -0.39 is 5.97 Å². The standard InChI is InChI=1S/C20H19NO6/c1-23-14-7-5-12(6-8-14)9-15-20(22)27-19(21-15)13-10-16(24-2)18(26-4)17(11-13)25-3/h5-11H,1-4H3/b15-9-. The van der Waals surface area contributed by atoms with E-state index in [1.807, 2.05) is 12.1 Å². The Morgan fingerprint density at radius 2 is 1.52 bits per heavy atom. The summed E-state index contributed by atoms with van der Waals surface area (Å²) in [5, 5.41) is 0. The molecule has 0 aromatic heterocycles. The van der Waals surface area contributed by atoms with E-state index in [0.29, 0.717) is 22.8 Å². The molecule has 0 aliphatic carbocycles. The van der Waals surface area contributed by atoms with E-state index >= 15 is 0 Å². The first kappa shape index (κ1) is 18.3. The van der Waals surface area contributed by atoms with Crippen LogP contribution >= 0.6 is 0 Å². The molecule has 140 valence electrons. The van der Waals surface area contributed by atoms with Gasteiger partial charge in [-0.3, -0.25) is 0 Å². The van der Waals surface area contributed by atoms with Crippen LogP contribution in [0.2, 0.25) is 0 Å². The number of nitrogens with zero attached hydrogens (tertiary/aromatic N) is 1. The smallest absolute Gasteiger partial charge is 0.363 e. The molecule has 0 bridgehead atoms. The number of aliphatic imine (C=N–C) groups is 1. The highest BCUT2D eigenvalue weighted by Crippen LogP contribution is 2.39. The number of benzene rings is 2. The highest BCUT2D eigenvalue weighted by atomic mass is 16.6. The molecule has 0 saturated heterocycles. The molecule has 0 amide bonds. The van der Waals surface area contributed by atoms with Crippen LogP contribution in [-0.4, -0.2) is 40.3 Å². The van der Waals surface area contributed by atoms with Gasteiger partial charge < -0.3 is 23.7 Å². The van der Waals surface area contributed by atoms with E-state index in [1.54, 1.807) is 37.5 Å². The minimum Gasteiger partial charge on any atom is -0.497 e. The molecule has 2 aromatic rings. The Balaban J connectivity index is 1.97. The zero-order chi connectivity index (χ0) is 19.4. The SMILES string of the molecule is COc1ccc(/C=C2\N=C(c3cc(OC)c(OC)c(OC)c3)OC2=O)cc1. The van der Waals surface area contributed by atoms with Gasteiger partial charge in [-0.15, -0.1) is 0 Å². The zero-order valence-corrected chi connectivity index (χ0v) is 15.4. The van der Waals surface area contributed by atoms with Gasteiger partial charge in [-0.25, -0.2) is 9.79 Å². The van der Waals surface area contributed by atoms with Crippen LogP contribution in [0.3, 0.4) is 0 Å². The highest BCUT2D eigenvalue weighted by molar-refractivity contribution is 6.13. The lowest BCUT2D eigenvalue weighted by molar-refractivity contribution is -0.129. The first-order valence-electron chi connectivity index (χ1n) is 8.06. The van der Waals surface area contributed by atoms with Crippen molar-refractivity contribution in [1.82, 2.24) is 0 Å². The molecule has 0 N–H and O–H groups in total. The number of rotatable bonds is 6. The van der Waals surface area contributed by atoms with Crippen LogP contribution in [0.4, 0.5) is 0 Å². The molecule has 3 rings (SSSR count). The molecule has 2 aromatic carbocycles. The van der Waals surface area contributed by atoms with Gasteiger partial charge in [0.1, 0.15) is 5.75 Å². The molecule has 0 saturated carbocycles. The Kier molecular flexibility index (Phi) is 5.30. The first-order valence-corrected chi connectivity index (χ1v) is 8.06. The number of carbonyl (C=O) groups is 1. The third kappa shape index (κ3) is 3.72. The summed E-state index contributed by atoms with van der Waals surface area (Å²) in [6.07, 6.45) is 1.65. The van der Waals surface area contributed by atoms with E-state index in [4.69, 9.17) is 23.7 Å². The Hall–Kier alpha value is -3.48. The molecule has 1 aliphatic heterocycles. The van der Waals surface area contributed by atoms with Gasteiger partial charge in [0.25, 0.3) is 0 Å². The number of esters is 1. The van der Waals surface area contributed by atoms with Crippen LogP contribution in [0, 0.1) is 0 Å². The second-order valence-electron chi connectivity index (χ2n) is 5.52. The Labute approximate surface area is 156 Å². The molecule has 0 spiro atoms. The maximum atomic E-state index is 12.2. The topological polar surface area (TPSA) is 75.6 Å². The number of cyclic esters (lactones) is 1. The summed E-state index contributed by atoms with van der Waals surface area (Å²) in [4.78, 5) is 16.5. The Morgan fingerprint density at radius 3 is 2.04 bits per heavy atom. The Morgan fingerprint density at radius 1 is 0.889 bits per heavy atom. The summed E-state index contributed by atoms with van der Waals surface area (Å²) >= 11 is 0. The normalized spacial score (nSPS) is 14.6. The van der Waals surface area contributed by atoms with Gasteiger partial charge in [0.15, 0.2) is 17.2 Å². The number of carbonyl (C=O) groups excluding carboxylic acids is 1. The van der Waals surface area contributed by atoms with Gasteiger partial charge in [-0.1, -0.05) is 12.1 Å². The molecular weight excluding hydrogens is 350 g/mol. The number of hydrogen-bond acceptors (Lipinski definition) is 7. The predicted molar refractivity (Wildman–Crippen MR) is 99.7 cm³/mol. The predicted octanol–water partition coefficient (Wildman–Crippen LogP) is 3.07. The van der Waals surface area contributed by atoms with Gasteiger partial charge in [0, 0.05) is 5.56 Å². The van der Waals surface area contributed by atoms with Crippen molar-refractivity contribution in [2.45, 2.75) is 0 Å².